The zero-order chi connectivity index (χ0) is 9.26. The second-order valence-electron chi connectivity index (χ2n) is 4.53. The fraction of sp³-hybridized carbons (Fsp3) is 0.692. The van der Waals surface area contributed by atoms with Gasteiger partial charge in [-0.2, -0.15) is 0 Å². The van der Waals surface area contributed by atoms with Gasteiger partial charge in [-0.05, 0) is 42.6 Å². The molecule has 0 saturated heterocycles. The molecule has 0 aromatic carbocycles. The van der Waals surface area contributed by atoms with Gasteiger partial charge in [-0.3, -0.25) is 0 Å². The summed E-state index contributed by atoms with van der Waals surface area (Å²) in [5.41, 5.74) is 1.64. The van der Waals surface area contributed by atoms with Crippen LogP contribution in [-0.4, -0.2) is 0 Å². The van der Waals surface area contributed by atoms with Crippen molar-refractivity contribution in [1.29, 1.82) is 0 Å². The van der Waals surface area contributed by atoms with Gasteiger partial charge >= 0.3 is 0 Å². The van der Waals surface area contributed by atoms with Crippen LogP contribution in [0.5, 0.6) is 0 Å². The van der Waals surface area contributed by atoms with E-state index in [-0.39, 0.29) is 0 Å². The highest BCUT2D eigenvalue weighted by Gasteiger charge is 2.30. The van der Waals surface area contributed by atoms with E-state index in [0.717, 1.165) is 17.8 Å². The third kappa shape index (κ3) is 1.59. The Morgan fingerprint density at radius 1 is 1.46 bits per heavy atom. The summed E-state index contributed by atoms with van der Waals surface area (Å²) in [7, 11) is 0. The Morgan fingerprint density at radius 2 is 2.31 bits per heavy atom. The summed E-state index contributed by atoms with van der Waals surface area (Å²) in [5, 5.41) is 0. The summed E-state index contributed by atoms with van der Waals surface area (Å²) >= 11 is 0. The van der Waals surface area contributed by atoms with E-state index in [1.54, 1.807) is 5.57 Å². The zero-order valence-corrected chi connectivity index (χ0v) is 8.79. The van der Waals surface area contributed by atoms with Crippen LogP contribution in [0.2, 0.25) is 0 Å². The van der Waals surface area contributed by atoms with Crippen LogP contribution in [-0.2, 0) is 0 Å². The Morgan fingerprint density at radius 3 is 3.08 bits per heavy atom. The molecule has 0 saturated carbocycles. The first kappa shape index (κ1) is 9.05. The minimum absolute atomic E-state index is 0.797. The average Bonchev–Trinajstić information content (AvgIpc) is 2.18. The smallest absolute Gasteiger partial charge is 0.0131 e. The first-order valence-corrected chi connectivity index (χ1v) is 5.71. The van der Waals surface area contributed by atoms with E-state index in [2.05, 4.69) is 32.1 Å². The Bertz CT molecular complexity index is 234. The molecule has 0 heterocycles. The van der Waals surface area contributed by atoms with Crippen molar-refractivity contribution in [1.82, 2.24) is 0 Å². The maximum atomic E-state index is 2.46. The van der Waals surface area contributed by atoms with Crippen molar-refractivity contribution in [3.05, 3.63) is 23.8 Å². The molecule has 0 spiro atoms. The summed E-state index contributed by atoms with van der Waals surface area (Å²) in [5.74, 6) is 2.60. The predicted molar refractivity (Wildman–Crippen MR) is 57.5 cm³/mol. The lowest BCUT2D eigenvalue weighted by Crippen LogP contribution is -2.26. The van der Waals surface area contributed by atoms with Gasteiger partial charge in [0.1, 0.15) is 0 Å². The third-order valence-corrected chi connectivity index (χ3v) is 3.78. The maximum Gasteiger partial charge on any atom is -0.0131 e. The molecule has 72 valence electrons. The molecule has 0 fully saturated rings. The van der Waals surface area contributed by atoms with Gasteiger partial charge < -0.3 is 0 Å². The third-order valence-electron chi connectivity index (χ3n) is 3.78. The fourth-order valence-corrected chi connectivity index (χ4v) is 3.01. The molecule has 2 rings (SSSR count). The van der Waals surface area contributed by atoms with Crippen LogP contribution in [0, 0.1) is 17.8 Å². The number of fused-ring (bicyclic) bond motifs is 1. The van der Waals surface area contributed by atoms with Crippen LogP contribution in [0.4, 0.5) is 0 Å². The van der Waals surface area contributed by atoms with Crippen LogP contribution in [0.15, 0.2) is 23.8 Å². The highest BCUT2D eigenvalue weighted by Crippen LogP contribution is 2.41. The summed E-state index contributed by atoms with van der Waals surface area (Å²) in [6.07, 6.45) is 12.7. The Balaban J connectivity index is 2.25. The van der Waals surface area contributed by atoms with Gasteiger partial charge in [0.2, 0.25) is 0 Å². The van der Waals surface area contributed by atoms with Crippen molar-refractivity contribution in [2.45, 2.75) is 39.5 Å². The highest BCUT2D eigenvalue weighted by atomic mass is 14.3. The quantitative estimate of drug-likeness (QED) is 0.567. The minimum Gasteiger partial charge on any atom is -0.0811 e. The zero-order valence-electron chi connectivity index (χ0n) is 8.79. The van der Waals surface area contributed by atoms with Gasteiger partial charge in [-0.25, -0.2) is 0 Å². The number of hydrogen-bond donors (Lipinski definition) is 0. The van der Waals surface area contributed by atoms with Crippen LogP contribution in [0.3, 0.4) is 0 Å². The molecule has 0 aromatic heterocycles. The topological polar surface area (TPSA) is 0 Å². The predicted octanol–water partition coefficient (Wildman–Crippen LogP) is 3.95. The molecule has 0 nitrogen and oxygen atoms in total. The molecule has 0 aliphatic heterocycles. The second-order valence-corrected chi connectivity index (χ2v) is 4.53. The van der Waals surface area contributed by atoms with Gasteiger partial charge in [-0.1, -0.05) is 38.5 Å². The second kappa shape index (κ2) is 3.69. The monoisotopic (exact) mass is 176 g/mol. The summed E-state index contributed by atoms with van der Waals surface area (Å²) in [6.45, 7) is 4.71. The van der Waals surface area contributed by atoms with Crippen LogP contribution in [0.1, 0.15) is 39.5 Å². The van der Waals surface area contributed by atoms with Gasteiger partial charge in [0.15, 0.2) is 0 Å². The summed E-state index contributed by atoms with van der Waals surface area (Å²) in [6, 6.07) is 0. The summed E-state index contributed by atoms with van der Waals surface area (Å²) < 4.78 is 0. The molecule has 3 atom stereocenters. The van der Waals surface area contributed by atoms with E-state index in [9.17, 15) is 0 Å². The van der Waals surface area contributed by atoms with Crippen molar-refractivity contribution in [2.75, 3.05) is 0 Å². The van der Waals surface area contributed by atoms with Gasteiger partial charge in [0.25, 0.3) is 0 Å². The molecule has 0 aromatic rings. The fourth-order valence-electron chi connectivity index (χ4n) is 3.01. The van der Waals surface area contributed by atoms with Crippen LogP contribution >= 0.6 is 0 Å². The largest absolute Gasteiger partial charge is 0.0811 e. The van der Waals surface area contributed by atoms with Gasteiger partial charge in [-0.15, -0.1) is 0 Å². The van der Waals surface area contributed by atoms with Crippen molar-refractivity contribution in [3.8, 4) is 0 Å². The number of allylic oxidation sites excluding steroid dienone is 4. The molecule has 0 heteroatoms. The van der Waals surface area contributed by atoms with Crippen LogP contribution in [0.25, 0.3) is 0 Å². The van der Waals surface area contributed by atoms with E-state index in [1.165, 1.54) is 25.7 Å². The van der Waals surface area contributed by atoms with Crippen molar-refractivity contribution in [3.63, 3.8) is 0 Å². The van der Waals surface area contributed by atoms with E-state index in [4.69, 9.17) is 0 Å². The summed E-state index contributed by atoms with van der Waals surface area (Å²) in [4.78, 5) is 0. The average molecular weight is 176 g/mol. The molecular formula is C13H20. The lowest BCUT2D eigenvalue weighted by molar-refractivity contribution is 0.268. The lowest BCUT2D eigenvalue weighted by atomic mass is 9.69. The minimum atomic E-state index is 0.797. The van der Waals surface area contributed by atoms with Gasteiger partial charge in [0.05, 0.1) is 0 Å². The van der Waals surface area contributed by atoms with E-state index >= 15 is 0 Å². The molecule has 0 bridgehead atoms. The molecule has 0 N–H and O–H groups in total. The first-order valence-electron chi connectivity index (χ1n) is 5.71. The van der Waals surface area contributed by atoms with Crippen molar-refractivity contribution in [2.24, 2.45) is 17.8 Å². The molecule has 2 aliphatic carbocycles. The van der Waals surface area contributed by atoms with Gasteiger partial charge in [0, 0.05) is 0 Å². The van der Waals surface area contributed by atoms with E-state index < -0.39 is 0 Å². The number of hydrogen-bond acceptors (Lipinski definition) is 0. The lowest BCUT2D eigenvalue weighted by Gasteiger charge is -2.36. The molecular weight excluding hydrogens is 156 g/mol. The SMILES string of the molecule is CCC1C2CCCC=C2C=C[C@@H]1C. The van der Waals surface area contributed by atoms with Crippen LogP contribution < -0.4 is 0 Å². The van der Waals surface area contributed by atoms with E-state index in [1.807, 2.05) is 0 Å². The number of rotatable bonds is 1. The highest BCUT2D eigenvalue weighted by molar-refractivity contribution is 5.28. The molecule has 2 unspecified atom stereocenters. The first-order chi connectivity index (χ1) is 6.33. The molecule has 0 amide bonds. The standard InChI is InChI=1S/C13H20/c1-3-12-10(2)8-9-11-6-4-5-7-13(11)12/h6,8-10,12-13H,3-5,7H2,1-2H3/t10-,12?,13?/m0/s1. The molecule has 2 aliphatic rings. The maximum absolute atomic E-state index is 2.46. The molecule has 13 heavy (non-hydrogen) atoms. The Hall–Kier alpha value is -0.520. The van der Waals surface area contributed by atoms with Crippen molar-refractivity contribution >= 4 is 0 Å². The Labute approximate surface area is 81.7 Å². The Kier molecular flexibility index (Phi) is 2.57. The molecule has 0 radical (unpaired) electrons. The normalized spacial score (nSPS) is 38.3. The van der Waals surface area contributed by atoms with E-state index in [0.29, 0.717) is 0 Å². The van der Waals surface area contributed by atoms with Crippen molar-refractivity contribution < 1.29 is 0 Å².